The van der Waals surface area contributed by atoms with E-state index in [1.54, 1.807) is 7.11 Å². The third kappa shape index (κ3) is 3.71. The van der Waals surface area contributed by atoms with E-state index in [0.717, 1.165) is 25.6 Å². The Balaban J connectivity index is 1.42. The zero-order valence-corrected chi connectivity index (χ0v) is 15.6. The lowest BCUT2D eigenvalue weighted by atomic mass is 9.76. The van der Waals surface area contributed by atoms with Crippen LogP contribution in [0.4, 0.5) is 5.95 Å². The second kappa shape index (κ2) is 7.40. The first-order valence-corrected chi connectivity index (χ1v) is 9.93. The minimum atomic E-state index is 0.383. The van der Waals surface area contributed by atoms with Gasteiger partial charge in [-0.3, -0.25) is 4.90 Å². The van der Waals surface area contributed by atoms with Gasteiger partial charge >= 0.3 is 0 Å². The number of ether oxygens (including phenoxy) is 1. The first kappa shape index (κ1) is 16.9. The lowest BCUT2D eigenvalue weighted by Gasteiger charge is -2.39. The van der Waals surface area contributed by atoms with Gasteiger partial charge in [0, 0.05) is 37.5 Å². The molecule has 2 fully saturated rings. The molecule has 0 aliphatic carbocycles. The molecule has 0 radical (unpaired) electrons. The van der Waals surface area contributed by atoms with E-state index in [4.69, 9.17) is 4.74 Å². The van der Waals surface area contributed by atoms with Crippen LogP contribution in [-0.2, 0) is 11.3 Å². The third-order valence-corrected chi connectivity index (χ3v) is 6.52. The van der Waals surface area contributed by atoms with Gasteiger partial charge in [-0.15, -0.1) is 11.3 Å². The molecule has 0 saturated carbocycles. The fraction of sp³-hybridized carbons (Fsp3) is 0.579. The number of methoxy groups -OCH3 is 1. The van der Waals surface area contributed by atoms with E-state index in [1.807, 2.05) is 29.8 Å². The Morgan fingerprint density at radius 1 is 1.24 bits per heavy atom. The van der Waals surface area contributed by atoms with E-state index in [0.29, 0.717) is 11.5 Å². The molecule has 2 aliphatic rings. The van der Waals surface area contributed by atoms with E-state index < -0.39 is 0 Å². The SMILES string of the molecule is COC[C@@H]1CC2(CCN(Cc3cccs3)CC2)CN1c1ncccn1. The largest absolute Gasteiger partial charge is 0.383 e. The summed E-state index contributed by atoms with van der Waals surface area (Å²) in [6, 6.07) is 6.66. The zero-order chi connectivity index (χ0) is 17.1. The smallest absolute Gasteiger partial charge is 0.225 e. The van der Waals surface area contributed by atoms with Crippen LogP contribution in [-0.4, -0.2) is 54.3 Å². The summed E-state index contributed by atoms with van der Waals surface area (Å²) in [5, 5.41) is 2.17. The number of rotatable bonds is 5. The third-order valence-electron chi connectivity index (χ3n) is 5.66. The maximum absolute atomic E-state index is 5.50. The van der Waals surface area contributed by atoms with E-state index in [-0.39, 0.29) is 0 Å². The van der Waals surface area contributed by atoms with Gasteiger partial charge in [-0.1, -0.05) is 6.07 Å². The summed E-state index contributed by atoms with van der Waals surface area (Å²) in [6.45, 7) is 5.26. The average Bonchev–Trinajstić information content (AvgIpc) is 3.27. The molecular weight excluding hydrogens is 332 g/mol. The fourth-order valence-corrected chi connectivity index (χ4v) is 5.10. The molecule has 4 rings (SSSR count). The van der Waals surface area contributed by atoms with Crippen molar-refractivity contribution in [3.05, 3.63) is 40.8 Å². The van der Waals surface area contributed by atoms with Crippen LogP contribution in [0.1, 0.15) is 24.1 Å². The van der Waals surface area contributed by atoms with Crippen molar-refractivity contribution in [1.82, 2.24) is 14.9 Å². The molecule has 2 saturated heterocycles. The summed E-state index contributed by atoms with van der Waals surface area (Å²) < 4.78 is 5.50. The molecule has 2 aromatic rings. The standard InChI is InChI=1S/C19H26N4OS/c1-24-14-16-12-19(15-23(16)18-20-7-3-8-21-18)5-9-22(10-6-19)13-17-4-2-11-25-17/h2-4,7-8,11,16H,5-6,9-10,12-15H2,1H3/t16-/m0/s1. The van der Waals surface area contributed by atoms with Gasteiger partial charge in [-0.05, 0) is 55.3 Å². The molecule has 25 heavy (non-hydrogen) atoms. The summed E-state index contributed by atoms with van der Waals surface area (Å²) in [5.41, 5.74) is 0.383. The molecule has 0 aromatic carbocycles. The highest BCUT2D eigenvalue weighted by molar-refractivity contribution is 7.09. The summed E-state index contributed by atoms with van der Waals surface area (Å²) in [6.07, 6.45) is 7.36. The van der Waals surface area contributed by atoms with Crippen LogP contribution in [0.3, 0.4) is 0 Å². The van der Waals surface area contributed by atoms with Gasteiger partial charge < -0.3 is 9.64 Å². The van der Waals surface area contributed by atoms with Crippen LogP contribution in [0.25, 0.3) is 0 Å². The van der Waals surface area contributed by atoms with Gasteiger partial charge in [-0.25, -0.2) is 9.97 Å². The second-order valence-electron chi connectivity index (χ2n) is 7.35. The summed E-state index contributed by atoms with van der Waals surface area (Å²) >= 11 is 1.86. The van der Waals surface area contributed by atoms with E-state index in [1.165, 1.54) is 37.2 Å². The number of likely N-dealkylation sites (tertiary alicyclic amines) is 1. The molecule has 0 unspecified atom stereocenters. The fourth-order valence-electron chi connectivity index (χ4n) is 4.35. The number of nitrogens with zero attached hydrogens (tertiary/aromatic N) is 4. The maximum Gasteiger partial charge on any atom is 0.225 e. The normalized spacial score (nSPS) is 23.4. The first-order chi connectivity index (χ1) is 12.3. The maximum atomic E-state index is 5.50. The molecule has 134 valence electrons. The Bertz CT molecular complexity index is 655. The molecule has 2 aliphatic heterocycles. The number of aromatic nitrogens is 2. The van der Waals surface area contributed by atoms with Gasteiger partial charge in [0.25, 0.3) is 0 Å². The molecule has 2 aromatic heterocycles. The summed E-state index contributed by atoms with van der Waals surface area (Å²) in [4.78, 5) is 15.4. The van der Waals surface area contributed by atoms with Crippen LogP contribution in [0, 0.1) is 5.41 Å². The lowest BCUT2D eigenvalue weighted by molar-refractivity contribution is 0.106. The van der Waals surface area contributed by atoms with Crippen LogP contribution >= 0.6 is 11.3 Å². The predicted octanol–water partition coefficient (Wildman–Crippen LogP) is 3.05. The number of hydrogen-bond acceptors (Lipinski definition) is 6. The van der Waals surface area contributed by atoms with Gasteiger partial charge in [0.1, 0.15) is 0 Å². The monoisotopic (exact) mass is 358 g/mol. The highest BCUT2D eigenvalue weighted by Crippen LogP contribution is 2.44. The molecule has 1 spiro atoms. The minimum Gasteiger partial charge on any atom is -0.383 e. The Morgan fingerprint density at radius 3 is 2.72 bits per heavy atom. The Morgan fingerprint density at radius 2 is 2.04 bits per heavy atom. The van der Waals surface area contributed by atoms with Crippen molar-refractivity contribution < 1.29 is 4.74 Å². The second-order valence-corrected chi connectivity index (χ2v) is 8.38. The molecule has 6 heteroatoms. The molecular formula is C19H26N4OS. The van der Waals surface area contributed by atoms with Crippen LogP contribution in [0.15, 0.2) is 36.0 Å². The van der Waals surface area contributed by atoms with Gasteiger partial charge in [0.15, 0.2) is 0 Å². The average molecular weight is 359 g/mol. The van der Waals surface area contributed by atoms with Crippen molar-refractivity contribution >= 4 is 17.3 Å². The van der Waals surface area contributed by atoms with Crippen molar-refractivity contribution in [2.45, 2.75) is 31.8 Å². The van der Waals surface area contributed by atoms with Gasteiger partial charge in [0.05, 0.1) is 12.6 Å². The predicted molar refractivity (Wildman–Crippen MR) is 101 cm³/mol. The summed E-state index contributed by atoms with van der Waals surface area (Å²) in [7, 11) is 1.79. The molecule has 0 amide bonds. The number of piperidine rings is 1. The van der Waals surface area contributed by atoms with Crippen LogP contribution in [0.2, 0.25) is 0 Å². The quantitative estimate of drug-likeness (QED) is 0.822. The van der Waals surface area contributed by atoms with Gasteiger partial charge in [-0.2, -0.15) is 0 Å². The molecule has 4 heterocycles. The number of thiophene rings is 1. The molecule has 1 atom stereocenters. The van der Waals surface area contributed by atoms with E-state index >= 15 is 0 Å². The highest BCUT2D eigenvalue weighted by Gasteiger charge is 2.46. The first-order valence-electron chi connectivity index (χ1n) is 9.05. The number of hydrogen-bond donors (Lipinski definition) is 0. The van der Waals surface area contributed by atoms with Crippen molar-refractivity contribution in [2.75, 3.05) is 38.3 Å². The van der Waals surface area contributed by atoms with E-state index in [9.17, 15) is 0 Å². The minimum absolute atomic E-state index is 0.383. The zero-order valence-electron chi connectivity index (χ0n) is 14.8. The summed E-state index contributed by atoms with van der Waals surface area (Å²) in [5.74, 6) is 0.849. The topological polar surface area (TPSA) is 41.5 Å². The molecule has 0 bridgehead atoms. The van der Waals surface area contributed by atoms with Crippen LogP contribution < -0.4 is 4.90 Å². The number of anilines is 1. The van der Waals surface area contributed by atoms with Crippen molar-refractivity contribution in [3.63, 3.8) is 0 Å². The van der Waals surface area contributed by atoms with Crippen molar-refractivity contribution in [1.29, 1.82) is 0 Å². The van der Waals surface area contributed by atoms with Gasteiger partial charge in [0.2, 0.25) is 5.95 Å². The Kier molecular flexibility index (Phi) is 5.01. The van der Waals surface area contributed by atoms with Crippen molar-refractivity contribution in [3.8, 4) is 0 Å². The Hall–Kier alpha value is -1.50. The Labute approximate surface area is 153 Å². The molecule has 5 nitrogen and oxygen atoms in total. The van der Waals surface area contributed by atoms with Crippen molar-refractivity contribution in [2.24, 2.45) is 5.41 Å². The highest BCUT2D eigenvalue weighted by atomic mass is 32.1. The molecule has 0 N–H and O–H groups in total. The van der Waals surface area contributed by atoms with E-state index in [2.05, 4.69) is 37.3 Å². The van der Waals surface area contributed by atoms with Crippen LogP contribution in [0.5, 0.6) is 0 Å². The lowest BCUT2D eigenvalue weighted by Crippen LogP contribution is -2.41.